The summed E-state index contributed by atoms with van der Waals surface area (Å²) < 4.78 is 0. The van der Waals surface area contributed by atoms with E-state index in [0.717, 1.165) is 32.1 Å². The van der Waals surface area contributed by atoms with Crippen molar-refractivity contribution in [3.8, 4) is 6.07 Å². The van der Waals surface area contributed by atoms with Gasteiger partial charge in [0.1, 0.15) is 5.54 Å². The molecule has 0 aliphatic heterocycles. The Labute approximate surface area is 143 Å². The molecule has 0 heterocycles. The van der Waals surface area contributed by atoms with Gasteiger partial charge >= 0.3 is 0 Å². The molecule has 1 N–H and O–H groups in total. The van der Waals surface area contributed by atoms with Crippen molar-refractivity contribution in [3.63, 3.8) is 0 Å². The van der Waals surface area contributed by atoms with Crippen LogP contribution in [-0.4, -0.2) is 16.7 Å². The van der Waals surface area contributed by atoms with Gasteiger partial charge in [0.25, 0.3) is 0 Å². The van der Waals surface area contributed by atoms with E-state index in [1.54, 1.807) is 11.8 Å². The molecule has 1 atom stereocenters. The van der Waals surface area contributed by atoms with Gasteiger partial charge in [0, 0.05) is 4.90 Å². The largest absolute Gasteiger partial charge is 0.337 e. The van der Waals surface area contributed by atoms with Crippen LogP contribution >= 0.6 is 11.8 Å². The number of carbonyl (C=O) groups is 1. The number of nitrogens with zero attached hydrogens (tertiary/aromatic N) is 1. The van der Waals surface area contributed by atoms with Crippen LogP contribution in [0.5, 0.6) is 0 Å². The molecule has 1 aliphatic rings. The van der Waals surface area contributed by atoms with E-state index in [0.29, 0.717) is 0 Å². The average Bonchev–Trinajstić information content (AvgIpc) is 2.51. The van der Waals surface area contributed by atoms with Crippen molar-refractivity contribution >= 4 is 17.7 Å². The van der Waals surface area contributed by atoms with Crippen molar-refractivity contribution in [1.82, 2.24) is 5.32 Å². The summed E-state index contributed by atoms with van der Waals surface area (Å²) in [5.74, 6) is -0.0298. The second-order valence-electron chi connectivity index (χ2n) is 6.73. The monoisotopic (exact) mass is 330 g/mol. The summed E-state index contributed by atoms with van der Waals surface area (Å²) in [4.78, 5) is 13.8. The van der Waals surface area contributed by atoms with Crippen LogP contribution in [-0.2, 0) is 4.79 Å². The molecule has 124 valence electrons. The second-order valence-corrected chi connectivity index (χ2v) is 8.08. The van der Waals surface area contributed by atoms with E-state index in [1.807, 2.05) is 6.92 Å². The molecule has 0 aromatic heterocycles. The molecule has 23 heavy (non-hydrogen) atoms. The number of hydrogen-bond donors (Lipinski definition) is 1. The highest BCUT2D eigenvalue weighted by Crippen LogP contribution is 2.32. The molecule has 0 spiro atoms. The fraction of sp³-hybridized carbons (Fsp3) is 0.579. The van der Waals surface area contributed by atoms with Gasteiger partial charge < -0.3 is 5.32 Å². The van der Waals surface area contributed by atoms with Gasteiger partial charge in [-0.1, -0.05) is 37.0 Å². The summed E-state index contributed by atoms with van der Waals surface area (Å²) in [7, 11) is 0. The predicted octanol–water partition coefficient (Wildman–Crippen LogP) is 4.44. The Hall–Kier alpha value is -1.47. The summed E-state index contributed by atoms with van der Waals surface area (Å²) in [5, 5.41) is 12.3. The van der Waals surface area contributed by atoms with Gasteiger partial charge in [-0.15, -0.1) is 11.8 Å². The Morgan fingerprint density at radius 2 is 1.78 bits per heavy atom. The summed E-state index contributed by atoms with van der Waals surface area (Å²) in [5.41, 5.74) is 3.01. The quantitative estimate of drug-likeness (QED) is 0.831. The molecule has 1 aliphatic carbocycles. The Balaban J connectivity index is 2.07. The maximum Gasteiger partial charge on any atom is 0.234 e. The number of thioether (sulfide) groups is 1. The molecule has 0 radical (unpaired) electrons. The zero-order chi connectivity index (χ0) is 17.0. The predicted molar refractivity (Wildman–Crippen MR) is 95.5 cm³/mol. The molecule has 1 saturated carbocycles. The van der Waals surface area contributed by atoms with Gasteiger partial charge in [-0.25, -0.2) is 0 Å². The summed E-state index contributed by atoms with van der Waals surface area (Å²) in [6.45, 7) is 8.19. The topological polar surface area (TPSA) is 52.9 Å². The molecule has 2 rings (SSSR count). The van der Waals surface area contributed by atoms with E-state index < -0.39 is 5.54 Å². The maximum absolute atomic E-state index is 12.6. The molecule has 0 unspecified atom stereocenters. The first kappa shape index (κ1) is 17.9. The fourth-order valence-electron chi connectivity index (χ4n) is 3.34. The lowest BCUT2D eigenvalue weighted by Gasteiger charge is -2.32. The third-order valence-electron chi connectivity index (χ3n) is 4.55. The lowest BCUT2D eigenvalue weighted by molar-refractivity contribution is -0.121. The number of amides is 1. The minimum absolute atomic E-state index is 0.0298. The summed E-state index contributed by atoms with van der Waals surface area (Å²) in [6, 6.07) is 6.66. The van der Waals surface area contributed by atoms with E-state index in [9.17, 15) is 10.1 Å². The second kappa shape index (κ2) is 7.40. The van der Waals surface area contributed by atoms with E-state index in [4.69, 9.17) is 0 Å². The molecule has 0 saturated heterocycles. The van der Waals surface area contributed by atoms with Crippen LogP contribution in [0.4, 0.5) is 0 Å². The normalized spacial score (nSPS) is 18.0. The van der Waals surface area contributed by atoms with E-state index in [2.05, 4.69) is 44.3 Å². The van der Waals surface area contributed by atoms with Gasteiger partial charge in [-0.05, 0) is 51.7 Å². The molecule has 1 amide bonds. The van der Waals surface area contributed by atoms with Gasteiger partial charge in [-0.3, -0.25) is 4.79 Å². The first-order chi connectivity index (χ1) is 10.9. The van der Waals surface area contributed by atoms with Crippen molar-refractivity contribution in [2.75, 3.05) is 0 Å². The minimum atomic E-state index is -0.651. The average molecular weight is 330 g/mol. The fourth-order valence-corrected chi connectivity index (χ4v) is 4.35. The Morgan fingerprint density at radius 1 is 1.22 bits per heavy atom. The van der Waals surface area contributed by atoms with Crippen LogP contribution in [0.15, 0.2) is 17.0 Å². The zero-order valence-corrected chi connectivity index (χ0v) is 15.3. The van der Waals surface area contributed by atoms with Crippen molar-refractivity contribution in [2.24, 2.45) is 0 Å². The number of hydrogen-bond acceptors (Lipinski definition) is 3. The van der Waals surface area contributed by atoms with Crippen molar-refractivity contribution < 1.29 is 4.79 Å². The van der Waals surface area contributed by atoms with Crippen LogP contribution in [0.25, 0.3) is 0 Å². The van der Waals surface area contributed by atoms with Gasteiger partial charge in [0.05, 0.1) is 11.3 Å². The maximum atomic E-state index is 12.6. The van der Waals surface area contributed by atoms with Crippen LogP contribution < -0.4 is 5.32 Å². The number of rotatable bonds is 4. The molecule has 1 fully saturated rings. The van der Waals surface area contributed by atoms with Crippen LogP contribution in [0, 0.1) is 32.1 Å². The van der Waals surface area contributed by atoms with Gasteiger partial charge in [-0.2, -0.15) is 5.26 Å². The van der Waals surface area contributed by atoms with Gasteiger partial charge in [0.15, 0.2) is 0 Å². The SMILES string of the molecule is Cc1cc(C)c(S[C@H](C)C(=O)NC2(C#N)CCCCC2)c(C)c1. The Kier molecular flexibility index (Phi) is 5.75. The Bertz CT molecular complexity index is 604. The molecule has 1 aromatic rings. The molecular formula is C19H26N2OS. The summed E-state index contributed by atoms with van der Waals surface area (Å²) >= 11 is 1.59. The molecule has 4 heteroatoms. The lowest BCUT2D eigenvalue weighted by atomic mass is 9.83. The van der Waals surface area contributed by atoms with Crippen molar-refractivity contribution in [1.29, 1.82) is 5.26 Å². The third-order valence-corrected chi connectivity index (χ3v) is 6.00. The first-order valence-electron chi connectivity index (χ1n) is 8.35. The van der Waals surface area contributed by atoms with Crippen molar-refractivity contribution in [2.45, 2.75) is 75.5 Å². The van der Waals surface area contributed by atoms with Crippen LogP contribution in [0.3, 0.4) is 0 Å². The number of nitrogens with one attached hydrogen (secondary N) is 1. The van der Waals surface area contributed by atoms with E-state index in [1.165, 1.54) is 21.6 Å². The van der Waals surface area contributed by atoms with Crippen LogP contribution in [0.1, 0.15) is 55.7 Å². The molecular weight excluding hydrogens is 304 g/mol. The molecule has 0 bridgehead atoms. The smallest absolute Gasteiger partial charge is 0.234 e. The third kappa shape index (κ3) is 4.29. The highest BCUT2D eigenvalue weighted by Gasteiger charge is 2.34. The number of aryl methyl sites for hydroxylation is 3. The van der Waals surface area contributed by atoms with Crippen molar-refractivity contribution in [3.05, 3.63) is 28.8 Å². The first-order valence-corrected chi connectivity index (χ1v) is 9.23. The highest BCUT2D eigenvalue weighted by atomic mass is 32.2. The highest BCUT2D eigenvalue weighted by molar-refractivity contribution is 8.00. The van der Waals surface area contributed by atoms with E-state index in [-0.39, 0.29) is 11.2 Å². The number of benzene rings is 1. The minimum Gasteiger partial charge on any atom is -0.337 e. The molecule has 1 aromatic carbocycles. The Morgan fingerprint density at radius 3 is 2.30 bits per heavy atom. The lowest BCUT2D eigenvalue weighted by Crippen LogP contribution is -2.50. The number of carbonyl (C=O) groups excluding carboxylic acids is 1. The van der Waals surface area contributed by atoms with Gasteiger partial charge in [0.2, 0.25) is 5.91 Å². The molecule has 3 nitrogen and oxygen atoms in total. The standard InChI is InChI=1S/C19H26N2OS/c1-13-10-14(2)17(15(3)11-13)23-16(4)18(22)21-19(12-20)8-6-5-7-9-19/h10-11,16H,5-9H2,1-4H3,(H,21,22)/t16-/m1/s1. The van der Waals surface area contributed by atoms with Crippen LogP contribution in [0.2, 0.25) is 0 Å². The number of nitriles is 1. The van der Waals surface area contributed by atoms with E-state index >= 15 is 0 Å². The summed E-state index contributed by atoms with van der Waals surface area (Å²) in [6.07, 6.45) is 4.74. The zero-order valence-electron chi connectivity index (χ0n) is 14.5.